The van der Waals surface area contributed by atoms with Crippen molar-refractivity contribution in [3.8, 4) is 0 Å². The minimum atomic E-state index is -0.172. The lowest BCUT2D eigenvalue weighted by Crippen LogP contribution is -2.24. The molecular weight excluding hydrogens is 262 g/mol. The van der Waals surface area contributed by atoms with Gasteiger partial charge in [0.05, 0.1) is 11.9 Å². The summed E-state index contributed by atoms with van der Waals surface area (Å²) in [5.41, 5.74) is 2.94. The molecule has 4 nitrogen and oxygen atoms in total. The molecule has 0 aromatic carbocycles. The molecule has 2 N–H and O–H groups in total. The molecule has 1 aliphatic carbocycles. The average Bonchev–Trinajstić information content (AvgIpc) is 2.54. The number of rotatable bonds is 7. The van der Waals surface area contributed by atoms with Crippen molar-refractivity contribution in [1.29, 1.82) is 0 Å². The van der Waals surface area contributed by atoms with Gasteiger partial charge in [0.25, 0.3) is 5.91 Å². The summed E-state index contributed by atoms with van der Waals surface area (Å²) >= 11 is 0. The minimum Gasteiger partial charge on any atom is -0.383 e. The molecule has 0 atom stereocenters. The van der Waals surface area contributed by atoms with E-state index in [1.807, 2.05) is 6.07 Å². The van der Waals surface area contributed by atoms with Crippen LogP contribution in [0.25, 0.3) is 0 Å². The van der Waals surface area contributed by atoms with E-state index in [0.29, 0.717) is 12.2 Å². The van der Waals surface area contributed by atoms with Gasteiger partial charge in [-0.15, -0.1) is 6.58 Å². The van der Waals surface area contributed by atoms with Crippen LogP contribution < -0.4 is 10.6 Å². The van der Waals surface area contributed by atoms with Crippen molar-refractivity contribution in [2.75, 3.05) is 18.4 Å². The Balaban J connectivity index is 1.78. The van der Waals surface area contributed by atoms with Crippen molar-refractivity contribution < 1.29 is 4.79 Å². The SMILES string of the molecule is C=CCNC(=O)c1ccc(NCCC2=CCCCC2)cn1. The Morgan fingerprint density at radius 2 is 2.29 bits per heavy atom. The van der Waals surface area contributed by atoms with Crippen molar-refractivity contribution >= 4 is 11.6 Å². The number of hydrogen-bond donors (Lipinski definition) is 2. The second-order valence-electron chi connectivity index (χ2n) is 5.22. The monoisotopic (exact) mass is 285 g/mol. The van der Waals surface area contributed by atoms with E-state index in [1.165, 1.54) is 25.7 Å². The molecule has 1 aliphatic rings. The van der Waals surface area contributed by atoms with Crippen LogP contribution in [-0.4, -0.2) is 24.0 Å². The molecule has 0 radical (unpaired) electrons. The molecule has 112 valence electrons. The topological polar surface area (TPSA) is 54.0 Å². The van der Waals surface area contributed by atoms with E-state index >= 15 is 0 Å². The fourth-order valence-electron chi connectivity index (χ4n) is 2.39. The Morgan fingerprint density at radius 3 is 2.95 bits per heavy atom. The highest BCUT2D eigenvalue weighted by molar-refractivity contribution is 5.92. The highest BCUT2D eigenvalue weighted by atomic mass is 16.1. The van der Waals surface area contributed by atoms with Gasteiger partial charge in [-0.1, -0.05) is 17.7 Å². The van der Waals surface area contributed by atoms with Crippen molar-refractivity contribution in [2.24, 2.45) is 0 Å². The molecule has 0 aliphatic heterocycles. The number of nitrogens with one attached hydrogen (secondary N) is 2. The summed E-state index contributed by atoms with van der Waals surface area (Å²) in [4.78, 5) is 15.9. The smallest absolute Gasteiger partial charge is 0.270 e. The van der Waals surface area contributed by atoms with E-state index < -0.39 is 0 Å². The van der Waals surface area contributed by atoms with Gasteiger partial charge in [0.2, 0.25) is 0 Å². The molecule has 1 amide bonds. The Hall–Kier alpha value is -2.10. The molecule has 0 fully saturated rings. The van der Waals surface area contributed by atoms with Gasteiger partial charge < -0.3 is 10.6 Å². The van der Waals surface area contributed by atoms with Crippen LogP contribution in [0.4, 0.5) is 5.69 Å². The predicted molar refractivity (Wildman–Crippen MR) is 86.4 cm³/mol. The van der Waals surface area contributed by atoms with Gasteiger partial charge >= 0.3 is 0 Å². The molecule has 1 aromatic heterocycles. The summed E-state index contributed by atoms with van der Waals surface area (Å²) in [5, 5.41) is 6.06. The number of carbonyl (C=O) groups excluding carboxylic acids is 1. The van der Waals surface area contributed by atoms with Gasteiger partial charge in [-0.25, -0.2) is 4.98 Å². The van der Waals surface area contributed by atoms with Gasteiger partial charge in [-0.05, 0) is 44.2 Å². The van der Waals surface area contributed by atoms with E-state index in [2.05, 4.69) is 28.3 Å². The number of nitrogens with zero attached hydrogens (tertiary/aromatic N) is 1. The first kappa shape index (κ1) is 15.3. The Labute approximate surface area is 126 Å². The Morgan fingerprint density at radius 1 is 1.38 bits per heavy atom. The maximum atomic E-state index is 11.7. The van der Waals surface area contributed by atoms with E-state index in [4.69, 9.17) is 0 Å². The van der Waals surface area contributed by atoms with Gasteiger partial charge in [-0.3, -0.25) is 4.79 Å². The third-order valence-corrected chi connectivity index (χ3v) is 3.56. The van der Waals surface area contributed by atoms with Gasteiger partial charge in [0.15, 0.2) is 0 Å². The second kappa shape index (κ2) is 8.25. The molecule has 4 heteroatoms. The number of aromatic nitrogens is 1. The van der Waals surface area contributed by atoms with Crippen LogP contribution in [0.15, 0.2) is 42.6 Å². The van der Waals surface area contributed by atoms with Crippen LogP contribution in [0.5, 0.6) is 0 Å². The van der Waals surface area contributed by atoms with Crippen molar-refractivity contribution in [3.05, 3.63) is 48.3 Å². The normalized spacial score (nSPS) is 14.2. The van der Waals surface area contributed by atoms with Crippen molar-refractivity contribution in [3.63, 3.8) is 0 Å². The first-order valence-corrected chi connectivity index (χ1v) is 7.56. The minimum absolute atomic E-state index is 0.172. The van der Waals surface area contributed by atoms with Gasteiger partial charge in [0, 0.05) is 13.1 Å². The number of anilines is 1. The number of pyridine rings is 1. The summed E-state index contributed by atoms with van der Waals surface area (Å²) < 4.78 is 0. The number of carbonyl (C=O) groups is 1. The van der Waals surface area contributed by atoms with Crippen LogP contribution in [0, 0.1) is 0 Å². The second-order valence-corrected chi connectivity index (χ2v) is 5.22. The number of amides is 1. The third-order valence-electron chi connectivity index (χ3n) is 3.56. The molecule has 21 heavy (non-hydrogen) atoms. The lowest BCUT2D eigenvalue weighted by atomic mass is 9.97. The van der Waals surface area contributed by atoms with Gasteiger partial charge in [0.1, 0.15) is 5.69 Å². The molecule has 0 spiro atoms. The summed E-state index contributed by atoms with van der Waals surface area (Å²) in [6.45, 7) is 4.93. The average molecular weight is 285 g/mol. The Bertz CT molecular complexity index is 505. The number of hydrogen-bond acceptors (Lipinski definition) is 3. The largest absolute Gasteiger partial charge is 0.383 e. The lowest BCUT2D eigenvalue weighted by Gasteiger charge is -2.13. The predicted octanol–water partition coefficient (Wildman–Crippen LogP) is 3.30. The quantitative estimate of drug-likeness (QED) is 0.756. The zero-order valence-electron chi connectivity index (χ0n) is 12.4. The zero-order valence-corrected chi connectivity index (χ0v) is 12.4. The van der Waals surface area contributed by atoms with Gasteiger partial charge in [-0.2, -0.15) is 0 Å². The fourth-order valence-corrected chi connectivity index (χ4v) is 2.39. The first-order valence-electron chi connectivity index (χ1n) is 7.56. The summed E-state index contributed by atoms with van der Waals surface area (Å²) in [5.74, 6) is -0.172. The van der Waals surface area contributed by atoms with Crippen LogP contribution >= 0.6 is 0 Å². The summed E-state index contributed by atoms with van der Waals surface area (Å²) in [7, 11) is 0. The standard InChI is InChI=1S/C17H23N3O/c1-2-11-19-17(21)16-9-8-15(13-20-16)18-12-10-14-6-4-3-5-7-14/h2,6,8-9,13,18H,1,3-5,7,10-12H2,(H,19,21). The lowest BCUT2D eigenvalue weighted by molar-refractivity contribution is 0.0953. The van der Waals surface area contributed by atoms with Crippen molar-refractivity contribution in [1.82, 2.24) is 10.3 Å². The zero-order chi connectivity index (χ0) is 14.9. The third kappa shape index (κ3) is 5.06. The summed E-state index contributed by atoms with van der Waals surface area (Å²) in [6, 6.07) is 3.63. The molecule has 0 saturated heterocycles. The van der Waals surface area contributed by atoms with E-state index in [0.717, 1.165) is 18.7 Å². The first-order chi connectivity index (χ1) is 10.3. The van der Waals surface area contributed by atoms with E-state index in [9.17, 15) is 4.79 Å². The maximum absolute atomic E-state index is 11.7. The van der Waals surface area contributed by atoms with Crippen LogP contribution in [-0.2, 0) is 0 Å². The molecular formula is C17H23N3O. The summed E-state index contributed by atoms with van der Waals surface area (Å²) in [6.07, 6.45) is 11.9. The fraction of sp³-hybridized carbons (Fsp3) is 0.412. The van der Waals surface area contributed by atoms with Crippen LogP contribution in [0.2, 0.25) is 0 Å². The van der Waals surface area contributed by atoms with Crippen LogP contribution in [0.3, 0.4) is 0 Å². The number of allylic oxidation sites excluding steroid dienone is 1. The van der Waals surface area contributed by atoms with Crippen LogP contribution in [0.1, 0.15) is 42.6 Å². The molecule has 1 aromatic rings. The molecule has 0 unspecified atom stereocenters. The van der Waals surface area contributed by atoms with E-state index in [-0.39, 0.29) is 5.91 Å². The Kier molecular flexibility index (Phi) is 6.00. The highest BCUT2D eigenvalue weighted by Crippen LogP contribution is 2.20. The molecule has 0 bridgehead atoms. The van der Waals surface area contributed by atoms with Crippen molar-refractivity contribution in [2.45, 2.75) is 32.1 Å². The maximum Gasteiger partial charge on any atom is 0.270 e. The van der Waals surface area contributed by atoms with E-state index in [1.54, 1.807) is 23.9 Å². The molecule has 0 saturated carbocycles. The highest BCUT2D eigenvalue weighted by Gasteiger charge is 2.06. The molecule has 2 rings (SSSR count). The molecule has 1 heterocycles.